The predicted molar refractivity (Wildman–Crippen MR) is 146 cm³/mol. The average Bonchev–Trinajstić information content (AvgIpc) is 3.58. The number of ether oxygens (including phenoxy) is 2. The molecule has 39 heavy (non-hydrogen) atoms. The second kappa shape index (κ2) is 10.2. The van der Waals surface area contributed by atoms with Gasteiger partial charge in [-0.3, -0.25) is 14.4 Å². The third-order valence-electron chi connectivity index (χ3n) is 8.71. The topological polar surface area (TPSA) is 97.0 Å². The number of methoxy groups -OCH3 is 1. The van der Waals surface area contributed by atoms with Crippen LogP contribution in [0.15, 0.2) is 60.7 Å². The van der Waals surface area contributed by atoms with Crippen molar-refractivity contribution in [3.63, 3.8) is 0 Å². The Hall–Kier alpha value is -3.65. The first-order valence-electron chi connectivity index (χ1n) is 13.9. The minimum Gasteiger partial charge on any atom is -0.497 e. The Morgan fingerprint density at radius 3 is 2.44 bits per heavy atom. The summed E-state index contributed by atoms with van der Waals surface area (Å²) in [6, 6.07) is 14.3. The second-order valence-electron chi connectivity index (χ2n) is 11.2. The third kappa shape index (κ3) is 4.50. The summed E-state index contributed by atoms with van der Waals surface area (Å²) in [6.07, 6.45) is 8.36. The number of carbonyl (C=O) groups excluding carboxylic acids is 3. The maximum absolute atomic E-state index is 14.1. The van der Waals surface area contributed by atoms with E-state index in [0.717, 1.165) is 36.8 Å². The molecule has 2 saturated heterocycles. The Balaban J connectivity index is 1.30. The fraction of sp³-hybridized carbons (Fsp3) is 0.452. The van der Waals surface area contributed by atoms with Crippen molar-refractivity contribution < 1.29 is 23.9 Å². The normalized spacial score (nSPS) is 29.4. The highest BCUT2D eigenvalue weighted by atomic mass is 16.5. The molecule has 0 radical (unpaired) electrons. The maximum atomic E-state index is 14.1. The molecular weight excluding hydrogens is 494 g/mol. The van der Waals surface area contributed by atoms with Crippen LogP contribution in [0.1, 0.15) is 43.2 Å². The number of aryl methyl sites for hydroxylation is 1. The number of carbonyl (C=O) groups is 3. The zero-order valence-electron chi connectivity index (χ0n) is 22.4. The zero-order chi connectivity index (χ0) is 27.1. The first kappa shape index (κ1) is 25.6. The lowest BCUT2D eigenvalue weighted by atomic mass is 9.74. The lowest BCUT2D eigenvalue weighted by molar-refractivity contribution is -0.142. The highest BCUT2D eigenvalue weighted by Gasteiger charge is 2.72. The molecule has 2 aromatic carbocycles. The van der Waals surface area contributed by atoms with Crippen molar-refractivity contribution >= 4 is 23.4 Å². The lowest BCUT2D eigenvalue weighted by Gasteiger charge is -2.34. The van der Waals surface area contributed by atoms with Crippen LogP contribution in [0.2, 0.25) is 0 Å². The molecule has 2 aromatic rings. The van der Waals surface area contributed by atoms with E-state index in [2.05, 4.69) is 10.6 Å². The fourth-order valence-corrected chi connectivity index (χ4v) is 6.75. The standard InChI is InChI=1S/C31H35N3O5/c1-19-8-10-20(11-9-19)18-34-27(29(36)33-21-6-4-3-5-7-21)31-17-16-24(39-31)25(26(31)30(34)37)28(35)32-22-12-14-23(38-2)15-13-22/h8-17,21,24-27H,3-7,18H2,1-2H3,(H,32,35)(H,33,36)/t24-,25+,26-,27+,31-/m0/s1. The average molecular weight is 530 g/mol. The quantitative estimate of drug-likeness (QED) is 0.533. The van der Waals surface area contributed by atoms with Crippen molar-refractivity contribution in [3.05, 3.63) is 71.8 Å². The minimum atomic E-state index is -1.17. The molecule has 3 fully saturated rings. The summed E-state index contributed by atoms with van der Waals surface area (Å²) in [5.74, 6) is -1.55. The Labute approximate surface area is 228 Å². The Morgan fingerprint density at radius 1 is 1.03 bits per heavy atom. The molecule has 8 nitrogen and oxygen atoms in total. The molecule has 3 aliphatic heterocycles. The summed E-state index contributed by atoms with van der Waals surface area (Å²) in [5, 5.41) is 6.18. The number of fused-ring (bicyclic) bond motifs is 1. The molecule has 2 N–H and O–H groups in total. The summed E-state index contributed by atoms with van der Waals surface area (Å²) in [6.45, 7) is 2.28. The summed E-state index contributed by atoms with van der Waals surface area (Å²) >= 11 is 0. The molecule has 204 valence electrons. The second-order valence-corrected chi connectivity index (χ2v) is 11.2. The molecule has 1 saturated carbocycles. The van der Waals surface area contributed by atoms with Gasteiger partial charge in [-0.25, -0.2) is 0 Å². The number of benzene rings is 2. The summed E-state index contributed by atoms with van der Waals surface area (Å²) in [7, 11) is 1.58. The van der Waals surface area contributed by atoms with Gasteiger partial charge in [-0.1, -0.05) is 61.2 Å². The molecule has 6 rings (SSSR count). The van der Waals surface area contributed by atoms with Crippen LogP contribution in [0, 0.1) is 18.8 Å². The molecule has 0 unspecified atom stereocenters. The number of hydrogen-bond acceptors (Lipinski definition) is 5. The number of nitrogens with one attached hydrogen (secondary N) is 2. The summed E-state index contributed by atoms with van der Waals surface area (Å²) < 4.78 is 11.7. The molecule has 0 aromatic heterocycles. The number of amides is 3. The van der Waals surface area contributed by atoms with Crippen LogP contribution in [0.4, 0.5) is 5.69 Å². The Kier molecular flexibility index (Phi) is 6.67. The molecule has 2 bridgehead atoms. The molecule has 8 heteroatoms. The van der Waals surface area contributed by atoms with Gasteiger partial charge in [0.2, 0.25) is 17.7 Å². The lowest BCUT2D eigenvalue weighted by Crippen LogP contribution is -2.56. The van der Waals surface area contributed by atoms with Gasteiger partial charge in [0, 0.05) is 18.3 Å². The van der Waals surface area contributed by atoms with E-state index in [0.29, 0.717) is 11.4 Å². The van der Waals surface area contributed by atoms with Gasteiger partial charge in [-0.05, 0) is 49.6 Å². The first-order chi connectivity index (χ1) is 18.9. The van der Waals surface area contributed by atoms with Crippen LogP contribution >= 0.6 is 0 Å². The minimum absolute atomic E-state index is 0.0924. The van der Waals surface area contributed by atoms with E-state index in [4.69, 9.17) is 9.47 Å². The molecular formula is C31H35N3O5. The van der Waals surface area contributed by atoms with Crippen LogP contribution in [0.3, 0.4) is 0 Å². The van der Waals surface area contributed by atoms with Crippen LogP contribution < -0.4 is 15.4 Å². The monoisotopic (exact) mass is 529 g/mol. The number of anilines is 1. The highest BCUT2D eigenvalue weighted by Crippen LogP contribution is 2.55. The van der Waals surface area contributed by atoms with E-state index in [-0.39, 0.29) is 30.3 Å². The van der Waals surface area contributed by atoms with Crippen molar-refractivity contribution in [2.45, 2.75) is 69.4 Å². The van der Waals surface area contributed by atoms with E-state index < -0.39 is 29.6 Å². The van der Waals surface area contributed by atoms with Gasteiger partial charge < -0.3 is 25.0 Å². The molecule has 1 spiro atoms. The van der Waals surface area contributed by atoms with E-state index in [1.807, 2.05) is 43.3 Å². The van der Waals surface area contributed by atoms with E-state index in [9.17, 15) is 14.4 Å². The van der Waals surface area contributed by atoms with E-state index in [1.165, 1.54) is 6.42 Å². The van der Waals surface area contributed by atoms with Gasteiger partial charge >= 0.3 is 0 Å². The van der Waals surface area contributed by atoms with Crippen LogP contribution in [-0.2, 0) is 25.7 Å². The van der Waals surface area contributed by atoms with Gasteiger partial charge in [0.25, 0.3) is 0 Å². The van der Waals surface area contributed by atoms with Crippen molar-refractivity contribution in [2.24, 2.45) is 11.8 Å². The molecule has 3 amide bonds. The van der Waals surface area contributed by atoms with E-state index in [1.54, 1.807) is 36.3 Å². The van der Waals surface area contributed by atoms with Crippen molar-refractivity contribution in [1.29, 1.82) is 0 Å². The predicted octanol–water partition coefficient (Wildman–Crippen LogP) is 3.74. The third-order valence-corrected chi connectivity index (χ3v) is 8.71. The fourth-order valence-electron chi connectivity index (χ4n) is 6.75. The Morgan fingerprint density at radius 2 is 1.74 bits per heavy atom. The zero-order valence-corrected chi connectivity index (χ0v) is 22.4. The van der Waals surface area contributed by atoms with Gasteiger partial charge in [0.1, 0.15) is 17.4 Å². The number of nitrogens with zero attached hydrogens (tertiary/aromatic N) is 1. The van der Waals surface area contributed by atoms with Crippen LogP contribution in [0.25, 0.3) is 0 Å². The van der Waals surface area contributed by atoms with E-state index >= 15 is 0 Å². The molecule has 1 aliphatic carbocycles. The highest BCUT2D eigenvalue weighted by molar-refractivity contribution is 6.02. The SMILES string of the molecule is COc1ccc(NC(=O)[C@@H]2[C@@H]3C=C[C@]4(O3)[C@@H]2C(=O)N(Cc2ccc(C)cc2)[C@@H]4C(=O)NC2CCCCC2)cc1. The largest absolute Gasteiger partial charge is 0.497 e. The number of hydrogen-bond donors (Lipinski definition) is 2. The van der Waals surface area contributed by atoms with Crippen molar-refractivity contribution in [2.75, 3.05) is 12.4 Å². The number of likely N-dealkylation sites (tertiary alicyclic amines) is 1. The molecule has 4 aliphatic rings. The van der Waals surface area contributed by atoms with Crippen LogP contribution in [-0.4, -0.2) is 53.5 Å². The first-order valence-corrected chi connectivity index (χ1v) is 13.9. The number of rotatable bonds is 7. The van der Waals surface area contributed by atoms with Crippen LogP contribution in [0.5, 0.6) is 5.75 Å². The smallest absolute Gasteiger partial charge is 0.246 e. The summed E-state index contributed by atoms with van der Waals surface area (Å²) in [5.41, 5.74) is 1.48. The summed E-state index contributed by atoms with van der Waals surface area (Å²) in [4.78, 5) is 43.3. The molecule has 5 atom stereocenters. The van der Waals surface area contributed by atoms with Gasteiger partial charge in [0.05, 0.1) is 25.0 Å². The van der Waals surface area contributed by atoms with Crippen molar-refractivity contribution in [3.8, 4) is 5.75 Å². The van der Waals surface area contributed by atoms with Gasteiger partial charge in [0.15, 0.2) is 0 Å². The van der Waals surface area contributed by atoms with Gasteiger partial charge in [-0.2, -0.15) is 0 Å². The Bertz CT molecular complexity index is 1280. The molecule has 3 heterocycles. The maximum Gasteiger partial charge on any atom is 0.246 e. The van der Waals surface area contributed by atoms with Crippen molar-refractivity contribution in [1.82, 2.24) is 10.2 Å². The van der Waals surface area contributed by atoms with Gasteiger partial charge in [-0.15, -0.1) is 0 Å².